The number of phenols is 2. The van der Waals surface area contributed by atoms with Gasteiger partial charge in [0.1, 0.15) is 23.0 Å². The molecule has 0 aliphatic carbocycles. The third kappa shape index (κ3) is 6.52. The Hall–Kier alpha value is -3.02. The maximum Gasteiger partial charge on any atom is 0.166 e. The van der Waals surface area contributed by atoms with E-state index in [1.54, 1.807) is 24.3 Å². The Bertz CT molecular complexity index is 774. The van der Waals surface area contributed by atoms with E-state index in [4.69, 9.17) is 9.47 Å². The minimum absolute atomic E-state index is 0.0323. The van der Waals surface area contributed by atoms with Gasteiger partial charge in [-0.2, -0.15) is 0 Å². The molecule has 2 N–H and O–H groups in total. The number of phenolic OH excluding ortho intramolecular Hbond substituents is 2. The molecule has 156 valence electrons. The molecule has 0 heterocycles. The number of rotatable bonds is 12. The van der Waals surface area contributed by atoms with Gasteiger partial charge in [-0.15, -0.1) is 0 Å². The average molecular weight is 400 g/mol. The largest absolute Gasteiger partial charge is 0.507 e. The Labute approximate surface area is 171 Å². The first-order chi connectivity index (χ1) is 14.0. The van der Waals surface area contributed by atoms with Crippen molar-refractivity contribution in [3.63, 3.8) is 0 Å². The maximum atomic E-state index is 12.3. The van der Waals surface area contributed by atoms with E-state index < -0.39 is 0 Å². The SMILES string of the molecule is COc1ccc(O)c(C(=O)CCCCCCCC(=O)c2cc(OC)ccc2O)c1. The molecule has 0 radical (unpaired) electrons. The van der Waals surface area contributed by atoms with Crippen LogP contribution in [0.5, 0.6) is 23.0 Å². The Balaban J connectivity index is 1.67. The third-order valence-corrected chi connectivity index (χ3v) is 4.82. The standard InChI is InChI=1S/C23H28O6/c1-28-16-10-12-22(26)18(14-16)20(24)8-6-4-3-5-7-9-21(25)19-15-17(29-2)11-13-23(19)27/h10-15,26-27H,3-9H2,1-2H3. The Morgan fingerprint density at radius 1 is 0.690 bits per heavy atom. The van der Waals surface area contributed by atoms with Gasteiger partial charge in [-0.05, 0) is 49.2 Å². The summed E-state index contributed by atoms with van der Waals surface area (Å²) >= 11 is 0. The monoisotopic (exact) mass is 400 g/mol. The molecule has 2 rings (SSSR count). The maximum absolute atomic E-state index is 12.3. The van der Waals surface area contributed by atoms with E-state index >= 15 is 0 Å². The normalized spacial score (nSPS) is 10.6. The first-order valence-electron chi connectivity index (χ1n) is 9.76. The van der Waals surface area contributed by atoms with Crippen LogP contribution in [-0.2, 0) is 0 Å². The number of ketones is 2. The van der Waals surface area contributed by atoms with Crippen LogP contribution in [0.15, 0.2) is 36.4 Å². The number of hydrogen-bond donors (Lipinski definition) is 2. The molecule has 0 amide bonds. The van der Waals surface area contributed by atoms with E-state index in [0.29, 0.717) is 24.3 Å². The summed E-state index contributed by atoms with van der Waals surface area (Å²) in [7, 11) is 3.03. The van der Waals surface area contributed by atoms with Gasteiger partial charge in [0.25, 0.3) is 0 Å². The number of methoxy groups -OCH3 is 2. The summed E-state index contributed by atoms with van der Waals surface area (Å²) in [4.78, 5) is 24.5. The molecule has 0 aliphatic rings. The molecule has 2 aromatic rings. The van der Waals surface area contributed by atoms with E-state index in [2.05, 4.69) is 0 Å². The van der Waals surface area contributed by atoms with Crippen LogP contribution in [0.1, 0.15) is 65.7 Å². The van der Waals surface area contributed by atoms with Gasteiger partial charge in [0.05, 0.1) is 25.3 Å². The molecular formula is C23H28O6. The van der Waals surface area contributed by atoms with Gasteiger partial charge < -0.3 is 19.7 Å². The number of carbonyl (C=O) groups excluding carboxylic acids is 2. The number of benzene rings is 2. The fourth-order valence-corrected chi connectivity index (χ4v) is 3.10. The van der Waals surface area contributed by atoms with Crippen LogP contribution in [0.2, 0.25) is 0 Å². The Morgan fingerprint density at radius 2 is 1.07 bits per heavy atom. The predicted molar refractivity (Wildman–Crippen MR) is 110 cm³/mol. The molecule has 0 unspecified atom stereocenters. The summed E-state index contributed by atoms with van der Waals surface area (Å²) in [5, 5.41) is 19.7. The van der Waals surface area contributed by atoms with E-state index in [1.165, 1.54) is 26.4 Å². The van der Waals surface area contributed by atoms with Crippen molar-refractivity contribution in [2.75, 3.05) is 14.2 Å². The summed E-state index contributed by atoms with van der Waals surface area (Å²) in [6, 6.07) is 9.25. The predicted octanol–water partition coefficient (Wildman–Crippen LogP) is 4.91. The molecule has 0 fully saturated rings. The van der Waals surface area contributed by atoms with E-state index in [0.717, 1.165) is 32.1 Å². The van der Waals surface area contributed by atoms with Gasteiger partial charge in [-0.25, -0.2) is 0 Å². The topological polar surface area (TPSA) is 93.1 Å². The van der Waals surface area contributed by atoms with E-state index in [1.807, 2.05) is 0 Å². The second-order valence-electron chi connectivity index (χ2n) is 6.88. The van der Waals surface area contributed by atoms with Crippen LogP contribution < -0.4 is 9.47 Å². The van der Waals surface area contributed by atoms with Crippen LogP contribution in [0, 0.1) is 0 Å². The van der Waals surface area contributed by atoms with Crippen molar-refractivity contribution in [2.45, 2.75) is 44.9 Å². The molecule has 0 aliphatic heterocycles. The molecule has 6 nitrogen and oxygen atoms in total. The van der Waals surface area contributed by atoms with Crippen LogP contribution >= 0.6 is 0 Å². The minimum Gasteiger partial charge on any atom is -0.507 e. The fraction of sp³-hybridized carbons (Fsp3) is 0.391. The molecule has 0 saturated heterocycles. The van der Waals surface area contributed by atoms with Crippen molar-refractivity contribution in [2.24, 2.45) is 0 Å². The van der Waals surface area contributed by atoms with E-state index in [9.17, 15) is 19.8 Å². The zero-order valence-corrected chi connectivity index (χ0v) is 16.9. The van der Waals surface area contributed by atoms with Gasteiger partial charge in [0.2, 0.25) is 0 Å². The fourth-order valence-electron chi connectivity index (χ4n) is 3.10. The second kappa shape index (κ2) is 11.1. The molecular weight excluding hydrogens is 372 g/mol. The van der Waals surface area contributed by atoms with Gasteiger partial charge in [-0.1, -0.05) is 19.3 Å². The molecule has 0 atom stereocenters. The van der Waals surface area contributed by atoms with Gasteiger partial charge in [-0.3, -0.25) is 9.59 Å². The van der Waals surface area contributed by atoms with Crippen LogP contribution in [0.4, 0.5) is 0 Å². The van der Waals surface area contributed by atoms with Gasteiger partial charge in [0.15, 0.2) is 11.6 Å². The quantitative estimate of drug-likeness (QED) is 0.388. The number of unbranched alkanes of at least 4 members (excludes halogenated alkanes) is 4. The molecule has 29 heavy (non-hydrogen) atoms. The summed E-state index contributed by atoms with van der Waals surface area (Å²) < 4.78 is 10.2. The highest BCUT2D eigenvalue weighted by atomic mass is 16.5. The summed E-state index contributed by atoms with van der Waals surface area (Å²) in [6.07, 6.45) is 4.81. The third-order valence-electron chi connectivity index (χ3n) is 4.82. The molecule has 0 saturated carbocycles. The van der Waals surface area contributed by atoms with Crippen molar-refractivity contribution in [3.8, 4) is 23.0 Å². The van der Waals surface area contributed by atoms with Crippen molar-refractivity contribution in [3.05, 3.63) is 47.5 Å². The Kier molecular flexibility index (Phi) is 8.52. The summed E-state index contributed by atoms with van der Waals surface area (Å²) in [6.45, 7) is 0. The first-order valence-corrected chi connectivity index (χ1v) is 9.76. The van der Waals surface area contributed by atoms with Crippen LogP contribution in [0.25, 0.3) is 0 Å². The average Bonchev–Trinajstić information content (AvgIpc) is 2.73. The molecule has 0 spiro atoms. The highest BCUT2D eigenvalue weighted by molar-refractivity contribution is 5.99. The lowest BCUT2D eigenvalue weighted by Gasteiger charge is -2.07. The van der Waals surface area contributed by atoms with Crippen LogP contribution in [-0.4, -0.2) is 36.0 Å². The van der Waals surface area contributed by atoms with Crippen molar-refractivity contribution >= 4 is 11.6 Å². The summed E-state index contributed by atoms with van der Waals surface area (Å²) in [5.41, 5.74) is 0.570. The van der Waals surface area contributed by atoms with Crippen molar-refractivity contribution < 1.29 is 29.3 Å². The van der Waals surface area contributed by atoms with Crippen molar-refractivity contribution in [1.29, 1.82) is 0 Å². The zero-order valence-electron chi connectivity index (χ0n) is 16.9. The zero-order chi connectivity index (χ0) is 21.2. The lowest BCUT2D eigenvalue weighted by molar-refractivity contribution is 0.0970. The Morgan fingerprint density at radius 3 is 1.45 bits per heavy atom. The number of Topliss-reactive ketones (excluding diaryl/α,β-unsaturated/α-hetero) is 2. The molecule has 0 aromatic heterocycles. The number of carbonyl (C=O) groups is 2. The highest BCUT2D eigenvalue weighted by Crippen LogP contribution is 2.26. The van der Waals surface area contributed by atoms with Gasteiger partial charge in [0, 0.05) is 12.8 Å². The molecule has 6 heteroatoms. The van der Waals surface area contributed by atoms with Crippen LogP contribution in [0.3, 0.4) is 0 Å². The second-order valence-corrected chi connectivity index (χ2v) is 6.88. The minimum atomic E-state index is -0.106. The summed E-state index contributed by atoms with van der Waals surface area (Å²) in [5.74, 6) is 0.802. The molecule has 2 aromatic carbocycles. The number of ether oxygens (including phenoxy) is 2. The van der Waals surface area contributed by atoms with Gasteiger partial charge >= 0.3 is 0 Å². The highest BCUT2D eigenvalue weighted by Gasteiger charge is 2.13. The van der Waals surface area contributed by atoms with Crippen molar-refractivity contribution in [1.82, 2.24) is 0 Å². The lowest BCUT2D eigenvalue weighted by Crippen LogP contribution is -2.01. The lowest BCUT2D eigenvalue weighted by atomic mass is 10.0. The smallest absolute Gasteiger partial charge is 0.166 e. The number of aromatic hydroxyl groups is 2. The number of hydrogen-bond acceptors (Lipinski definition) is 6. The molecule has 0 bridgehead atoms. The van der Waals surface area contributed by atoms with E-state index in [-0.39, 0.29) is 34.2 Å². The first kappa shape index (κ1) is 22.3.